The lowest BCUT2D eigenvalue weighted by Gasteiger charge is -2.32. The number of thioether (sulfide) groups is 1. The molecule has 2 aromatic rings. The van der Waals surface area contributed by atoms with Crippen LogP contribution in [0.4, 0.5) is 0 Å². The van der Waals surface area contributed by atoms with Gasteiger partial charge in [0.25, 0.3) is 0 Å². The minimum atomic E-state index is -0.0242. The molecule has 5 nitrogen and oxygen atoms in total. The first-order valence-corrected chi connectivity index (χ1v) is 12.9. The van der Waals surface area contributed by atoms with E-state index in [4.69, 9.17) is 10.5 Å². The summed E-state index contributed by atoms with van der Waals surface area (Å²) in [5.41, 5.74) is 8.42. The molecule has 0 amide bonds. The van der Waals surface area contributed by atoms with Crippen LogP contribution in [0.2, 0.25) is 0 Å². The van der Waals surface area contributed by atoms with Crippen LogP contribution in [0.3, 0.4) is 0 Å². The molecule has 2 aromatic carbocycles. The van der Waals surface area contributed by atoms with Crippen molar-refractivity contribution in [3.05, 3.63) is 47.5 Å². The zero-order valence-corrected chi connectivity index (χ0v) is 22.5. The van der Waals surface area contributed by atoms with Crippen molar-refractivity contribution in [1.82, 2.24) is 5.32 Å². The van der Waals surface area contributed by atoms with E-state index >= 15 is 0 Å². The Kier molecular flexibility index (Phi) is 14.8. The number of halogens is 2. The Morgan fingerprint density at radius 2 is 1.74 bits per heavy atom. The quantitative estimate of drug-likeness (QED) is 0.143. The molecule has 0 saturated carbocycles. The summed E-state index contributed by atoms with van der Waals surface area (Å²) in [6.45, 7) is 2.12. The molecular formula is C26H40Cl2N2O3S. The molecule has 1 aliphatic rings. The van der Waals surface area contributed by atoms with Gasteiger partial charge in [0.2, 0.25) is 0 Å². The second-order valence-corrected chi connectivity index (χ2v) is 9.75. The molecular weight excluding hydrogens is 491 g/mol. The third-order valence-electron chi connectivity index (χ3n) is 6.38. The number of hydrogen-bond donors (Lipinski definition) is 4. The number of aromatic hydroxyl groups is 2. The molecule has 0 aromatic heterocycles. The second-order valence-electron chi connectivity index (χ2n) is 8.62. The molecule has 0 saturated heterocycles. The number of nitrogens with two attached hydrogens (primary N) is 1. The van der Waals surface area contributed by atoms with Gasteiger partial charge in [0.15, 0.2) is 11.5 Å². The molecule has 1 aliphatic carbocycles. The molecule has 2 unspecified atom stereocenters. The molecule has 5 N–H and O–H groups in total. The highest BCUT2D eigenvalue weighted by molar-refractivity contribution is 7.99. The van der Waals surface area contributed by atoms with E-state index in [1.807, 2.05) is 30.0 Å². The fourth-order valence-electron chi connectivity index (χ4n) is 4.57. The van der Waals surface area contributed by atoms with E-state index in [1.165, 1.54) is 24.2 Å². The number of fused-ring (bicyclic) bond motifs is 1. The average molecular weight is 532 g/mol. The van der Waals surface area contributed by atoms with Gasteiger partial charge in [-0.1, -0.05) is 37.5 Å². The van der Waals surface area contributed by atoms with Gasteiger partial charge in [-0.05, 0) is 80.6 Å². The fraction of sp³-hybridized carbons (Fsp3) is 0.538. The largest absolute Gasteiger partial charge is 0.504 e. The SMILES string of the molecule is COc1ccccc1SCCCNCCCCCCC1c2ccc(O)c(O)c2CCC1N.Cl.Cl. The van der Waals surface area contributed by atoms with Gasteiger partial charge in [0.1, 0.15) is 5.75 Å². The second kappa shape index (κ2) is 16.4. The van der Waals surface area contributed by atoms with E-state index in [1.54, 1.807) is 13.2 Å². The molecule has 192 valence electrons. The lowest BCUT2D eigenvalue weighted by atomic mass is 9.76. The van der Waals surface area contributed by atoms with E-state index in [9.17, 15) is 10.2 Å². The molecule has 0 heterocycles. The number of phenols is 2. The first-order chi connectivity index (χ1) is 15.6. The van der Waals surface area contributed by atoms with Crippen molar-refractivity contribution in [2.75, 3.05) is 26.0 Å². The molecule has 8 heteroatoms. The first-order valence-electron chi connectivity index (χ1n) is 11.9. The van der Waals surface area contributed by atoms with E-state index in [0.717, 1.165) is 67.8 Å². The predicted molar refractivity (Wildman–Crippen MR) is 148 cm³/mol. The normalized spacial score (nSPS) is 16.8. The molecule has 0 radical (unpaired) electrons. The molecule has 0 aliphatic heterocycles. The van der Waals surface area contributed by atoms with Crippen LogP contribution in [-0.4, -0.2) is 42.2 Å². The minimum Gasteiger partial charge on any atom is -0.504 e. The summed E-state index contributed by atoms with van der Waals surface area (Å²) in [5.74, 6) is 2.35. The van der Waals surface area contributed by atoms with Gasteiger partial charge >= 0.3 is 0 Å². The van der Waals surface area contributed by atoms with E-state index in [2.05, 4.69) is 17.4 Å². The molecule has 34 heavy (non-hydrogen) atoms. The van der Waals surface area contributed by atoms with Crippen LogP contribution in [0, 0.1) is 0 Å². The van der Waals surface area contributed by atoms with Crippen molar-refractivity contribution in [2.24, 2.45) is 5.73 Å². The van der Waals surface area contributed by atoms with Crippen LogP contribution in [0.25, 0.3) is 0 Å². The predicted octanol–water partition coefficient (Wildman–Crippen LogP) is 6.03. The van der Waals surface area contributed by atoms with Crippen LogP contribution in [0.15, 0.2) is 41.3 Å². The monoisotopic (exact) mass is 530 g/mol. The van der Waals surface area contributed by atoms with Crippen molar-refractivity contribution < 1.29 is 14.9 Å². The fourth-order valence-corrected chi connectivity index (χ4v) is 5.55. The van der Waals surface area contributed by atoms with Crippen LogP contribution in [0.1, 0.15) is 62.0 Å². The Bertz CT molecular complexity index is 857. The zero-order chi connectivity index (χ0) is 22.8. The van der Waals surface area contributed by atoms with Crippen LogP contribution in [0.5, 0.6) is 17.2 Å². The Hall–Kier alpha value is -1.31. The van der Waals surface area contributed by atoms with E-state index in [0.29, 0.717) is 0 Å². The van der Waals surface area contributed by atoms with Gasteiger partial charge in [-0.15, -0.1) is 36.6 Å². The van der Waals surface area contributed by atoms with Gasteiger partial charge in [0, 0.05) is 16.5 Å². The van der Waals surface area contributed by atoms with Crippen molar-refractivity contribution >= 4 is 36.6 Å². The van der Waals surface area contributed by atoms with Crippen LogP contribution >= 0.6 is 36.6 Å². The standard InChI is InChI=1S/C26H38N2O3S.2ClH/c1-31-24-10-5-6-11-25(24)32-18-8-17-28-16-7-3-2-4-9-20-19-13-15-23(29)26(30)21(19)12-14-22(20)27;;/h5-6,10-11,13,15,20,22,28-30H,2-4,7-9,12,14,16-18,27H2,1H3;2*1H. The van der Waals surface area contributed by atoms with Crippen molar-refractivity contribution in [2.45, 2.75) is 68.2 Å². The lowest BCUT2D eigenvalue weighted by Crippen LogP contribution is -2.33. The summed E-state index contributed by atoms with van der Waals surface area (Å²) in [5, 5.41) is 23.5. The molecule has 0 fully saturated rings. The van der Waals surface area contributed by atoms with Crippen LogP contribution in [-0.2, 0) is 6.42 Å². The molecule has 0 spiro atoms. The van der Waals surface area contributed by atoms with Gasteiger partial charge in [-0.3, -0.25) is 0 Å². The van der Waals surface area contributed by atoms with Gasteiger partial charge in [-0.25, -0.2) is 0 Å². The summed E-state index contributed by atoms with van der Waals surface area (Å²) in [6.07, 6.45) is 8.57. The first kappa shape index (κ1) is 30.7. The highest BCUT2D eigenvalue weighted by Crippen LogP contribution is 2.42. The number of methoxy groups -OCH3 is 1. The number of ether oxygens (including phenoxy) is 1. The number of phenolic OH excluding ortho intramolecular Hbond substituents is 2. The number of para-hydroxylation sites is 1. The Morgan fingerprint density at radius 1 is 1.00 bits per heavy atom. The Balaban J connectivity index is 0.00000289. The summed E-state index contributed by atoms with van der Waals surface area (Å²) in [6, 6.07) is 11.9. The summed E-state index contributed by atoms with van der Waals surface area (Å²) in [4.78, 5) is 1.21. The number of rotatable bonds is 13. The van der Waals surface area contributed by atoms with Crippen molar-refractivity contribution in [3.63, 3.8) is 0 Å². The third-order valence-corrected chi connectivity index (χ3v) is 7.53. The maximum atomic E-state index is 10.2. The van der Waals surface area contributed by atoms with E-state index < -0.39 is 0 Å². The summed E-state index contributed by atoms with van der Waals surface area (Å²) in [7, 11) is 1.72. The summed E-state index contributed by atoms with van der Waals surface area (Å²) >= 11 is 1.85. The maximum absolute atomic E-state index is 10.2. The van der Waals surface area contributed by atoms with Crippen molar-refractivity contribution in [1.29, 1.82) is 0 Å². The summed E-state index contributed by atoms with van der Waals surface area (Å²) < 4.78 is 5.39. The topological polar surface area (TPSA) is 87.7 Å². The average Bonchev–Trinajstić information content (AvgIpc) is 2.81. The minimum absolute atomic E-state index is 0. The molecule has 0 bridgehead atoms. The number of hydrogen-bond acceptors (Lipinski definition) is 6. The number of nitrogens with one attached hydrogen (secondary N) is 1. The number of unbranched alkanes of at least 4 members (excludes halogenated alkanes) is 3. The smallest absolute Gasteiger partial charge is 0.160 e. The van der Waals surface area contributed by atoms with Gasteiger partial charge in [-0.2, -0.15) is 0 Å². The molecule has 2 atom stereocenters. The lowest BCUT2D eigenvalue weighted by molar-refractivity contribution is 0.380. The highest BCUT2D eigenvalue weighted by atomic mass is 35.5. The Labute approximate surface area is 221 Å². The van der Waals surface area contributed by atoms with E-state index in [-0.39, 0.29) is 48.3 Å². The highest BCUT2D eigenvalue weighted by Gasteiger charge is 2.29. The van der Waals surface area contributed by atoms with Gasteiger partial charge < -0.3 is 26.0 Å². The maximum Gasteiger partial charge on any atom is 0.160 e. The Morgan fingerprint density at radius 3 is 2.53 bits per heavy atom. The number of benzene rings is 2. The van der Waals surface area contributed by atoms with Gasteiger partial charge in [0.05, 0.1) is 7.11 Å². The third kappa shape index (κ3) is 8.72. The van der Waals surface area contributed by atoms with Crippen molar-refractivity contribution in [3.8, 4) is 17.2 Å². The van der Waals surface area contributed by atoms with Crippen LogP contribution < -0.4 is 15.8 Å². The molecule has 3 rings (SSSR count). The zero-order valence-electron chi connectivity index (χ0n) is 20.0.